The number of hydrogen-bond donors (Lipinski definition) is 2. The smallest absolute Gasteiger partial charge is 0.450 e. The van der Waals surface area contributed by atoms with Gasteiger partial charge in [0.2, 0.25) is 11.8 Å². The van der Waals surface area contributed by atoms with E-state index in [0.717, 1.165) is 10.6 Å². The molecule has 0 saturated carbocycles. The van der Waals surface area contributed by atoms with Gasteiger partial charge in [-0.2, -0.15) is 4.98 Å². The standard InChI is InChI=1S/C23H17ClFN5O6/c24-15-6-4-14(5-7-15)12-29-20(28-21(31)30(22(29)32)13-35-23(33)34)27-16-8-9-18(17(25)11-16)36-19-3-1-2-10-26-19/h1-11H,12-13H2,(H,33,34)(H,27,28,31). The minimum absolute atomic E-state index is 0.0674. The van der Waals surface area contributed by atoms with Gasteiger partial charge in [0.05, 0.1) is 6.54 Å². The zero-order chi connectivity index (χ0) is 25.7. The van der Waals surface area contributed by atoms with E-state index in [2.05, 4.69) is 20.0 Å². The molecule has 4 rings (SSSR count). The Morgan fingerprint density at radius 1 is 1.08 bits per heavy atom. The molecule has 0 atom stereocenters. The van der Waals surface area contributed by atoms with E-state index in [-0.39, 0.29) is 29.8 Å². The van der Waals surface area contributed by atoms with Gasteiger partial charge < -0.3 is 19.9 Å². The van der Waals surface area contributed by atoms with Gasteiger partial charge in [-0.25, -0.2) is 28.3 Å². The fourth-order valence-corrected chi connectivity index (χ4v) is 3.21. The summed E-state index contributed by atoms with van der Waals surface area (Å²) < 4.78 is 26.1. The predicted octanol–water partition coefficient (Wildman–Crippen LogP) is 3.83. The number of pyridine rings is 1. The highest BCUT2D eigenvalue weighted by Crippen LogP contribution is 2.26. The van der Waals surface area contributed by atoms with E-state index in [4.69, 9.17) is 21.4 Å². The number of nitrogens with one attached hydrogen (secondary N) is 1. The molecule has 0 amide bonds. The Kier molecular flexibility index (Phi) is 7.25. The Morgan fingerprint density at radius 2 is 1.86 bits per heavy atom. The van der Waals surface area contributed by atoms with E-state index >= 15 is 0 Å². The Balaban J connectivity index is 1.68. The highest BCUT2D eigenvalue weighted by atomic mass is 35.5. The lowest BCUT2D eigenvalue weighted by Gasteiger charge is -2.16. The second-order valence-corrected chi connectivity index (χ2v) is 7.66. The van der Waals surface area contributed by atoms with Crippen molar-refractivity contribution in [1.29, 1.82) is 0 Å². The number of carbonyl (C=O) groups is 1. The SMILES string of the molecule is O=C(O)OCn1c(=O)nc(Nc2ccc(Oc3ccccn3)c(F)c2)n(Cc2ccc(Cl)cc2)c1=O. The lowest BCUT2D eigenvalue weighted by molar-refractivity contribution is 0.0610. The number of halogens is 2. The first-order valence-corrected chi connectivity index (χ1v) is 10.7. The van der Waals surface area contributed by atoms with Crippen molar-refractivity contribution < 1.29 is 23.8 Å². The van der Waals surface area contributed by atoms with Gasteiger partial charge in [-0.3, -0.25) is 4.57 Å². The Labute approximate surface area is 207 Å². The largest absolute Gasteiger partial charge is 0.507 e. The summed E-state index contributed by atoms with van der Waals surface area (Å²) in [4.78, 5) is 44.1. The Morgan fingerprint density at radius 3 is 2.53 bits per heavy atom. The van der Waals surface area contributed by atoms with Crippen LogP contribution in [0.2, 0.25) is 5.02 Å². The molecule has 0 bridgehead atoms. The molecule has 4 aromatic rings. The molecule has 2 aromatic heterocycles. The summed E-state index contributed by atoms with van der Waals surface area (Å²) in [5.41, 5.74) is -1.17. The number of ether oxygens (including phenoxy) is 2. The molecule has 0 fully saturated rings. The van der Waals surface area contributed by atoms with E-state index < -0.39 is 30.1 Å². The fraction of sp³-hybridized carbons (Fsp3) is 0.0870. The highest BCUT2D eigenvalue weighted by Gasteiger charge is 2.16. The number of carboxylic acid groups (broad SMARTS) is 1. The van der Waals surface area contributed by atoms with Gasteiger partial charge in [0, 0.05) is 29.0 Å². The van der Waals surface area contributed by atoms with Crippen molar-refractivity contribution in [2.24, 2.45) is 0 Å². The number of rotatable bonds is 8. The maximum absolute atomic E-state index is 14.7. The van der Waals surface area contributed by atoms with Gasteiger partial charge in [0.25, 0.3) is 0 Å². The number of hydrogen-bond acceptors (Lipinski definition) is 8. The highest BCUT2D eigenvalue weighted by molar-refractivity contribution is 6.30. The van der Waals surface area contributed by atoms with Gasteiger partial charge >= 0.3 is 17.5 Å². The molecule has 0 saturated heterocycles. The van der Waals surface area contributed by atoms with Crippen LogP contribution in [-0.4, -0.2) is 30.4 Å². The summed E-state index contributed by atoms with van der Waals surface area (Å²) in [6, 6.07) is 15.4. The maximum atomic E-state index is 14.7. The lowest BCUT2D eigenvalue weighted by atomic mass is 10.2. The maximum Gasteiger partial charge on any atom is 0.507 e. The monoisotopic (exact) mass is 513 g/mol. The molecule has 0 aliphatic rings. The predicted molar refractivity (Wildman–Crippen MR) is 126 cm³/mol. The molecule has 0 aliphatic heterocycles. The van der Waals surface area contributed by atoms with Crippen molar-refractivity contribution in [3.63, 3.8) is 0 Å². The summed E-state index contributed by atoms with van der Waals surface area (Å²) in [6.07, 6.45) is -0.172. The van der Waals surface area contributed by atoms with Crippen molar-refractivity contribution in [1.82, 2.24) is 19.1 Å². The van der Waals surface area contributed by atoms with Crippen LogP contribution < -0.4 is 21.4 Å². The van der Waals surface area contributed by atoms with Crippen molar-refractivity contribution in [3.05, 3.63) is 104 Å². The van der Waals surface area contributed by atoms with Crippen LogP contribution in [0, 0.1) is 5.82 Å². The Bertz CT molecular complexity index is 1510. The molecule has 0 unspecified atom stereocenters. The van der Waals surface area contributed by atoms with Crippen molar-refractivity contribution in [3.8, 4) is 11.6 Å². The third kappa shape index (κ3) is 5.85. The average molecular weight is 514 g/mol. The van der Waals surface area contributed by atoms with E-state index in [1.54, 1.807) is 42.5 Å². The van der Waals surface area contributed by atoms with Gasteiger partial charge in [0.1, 0.15) is 0 Å². The summed E-state index contributed by atoms with van der Waals surface area (Å²) in [5.74, 6) is -0.834. The lowest BCUT2D eigenvalue weighted by Crippen LogP contribution is -2.43. The molecule has 2 heterocycles. The molecular weight excluding hydrogens is 497 g/mol. The summed E-state index contributed by atoms with van der Waals surface area (Å²) in [6.45, 7) is -0.920. The zero-order valence-corrected chi connectivity index (χ0v) is 19.1. The first kappa shape index (κ1) is 24.4. The number of anilines is 2. The second-order valence-electron chi connectivity index (χ2n) is 7.22. The number of aromatic nitrogens is 4. The van der Waals surface area contributed by atoms with E-state index in [1.165, 1.54) is 18.3 Å². The molecule has 11 nitrogen and oxygen atoms in total. The molecule has 0 spiro atoms. The normalized spacial score (nSPS) is 10.6. The molecular formula is C23H17ClFN5O6. The zero-order valence-electron chi connectivity index (χ0n) is 18.3. The molecule has 36 heavy (non-hydrogen) atoms. The van der Waals surface area contributed by atoms with E-state index in [9.17, 15) is 18.8 Å². The fourth-order valence-electron chi connectivity index (χ4n) is 3.08. The third-order valence-corrected chi connectivity index (χ3v) is 5.01. The second kappa shape index (κ2) is 10.7. The first-order valence-electron chi connectivity index (χ1n) is 10.3. The Hall–Kier alpha value is -4.71. The molecule has 2 N–H and O–H groups in total. The summed E-state index contributed by atoms with van der Waals surface area (Å²) in [5, 5.41) is 12.0. The van der Waals surface area contributed by atoms with Crippen LogP contribution in [-0.2, 0) is 18.0 Å². The number of benzene rings is 2. The van der Waals surface area contributed by atoms with Crippen LogP contribution in [0.25, 0.3) is 0 Å². The van der Waals surface area contributed by atoms with Crippen LogP contribution in [0.4, 0.5) is 20.8 Å². The minimum Gasteiger partial charge on any atom is -0.450 e. The van der Waals surface area contributed by atoms with Crippen molar-refractivity contribution in [2.45, 2.75) is 13.3 Å². The summed E-state index contributed by atoms with van der Waals surface area (Å²) >= 11 is 5.92. The number of nitrogens with zero attached hydrogens (tertiary/aromatic N) is 4. The van der Waals surface area contributed by atoms with E-state index in [0.29, 0.717) is 15.2 Å². The van der Waals surface area contributed by atoms with Gasteiger partial charge in [-0.1, -0.05) is 29.8 Å². The topological polar surface area (TPSA) is 138 Å². The van der Waals surface area contributed by atoms with Crippen molar-refractivity contribution in [2.75, 3.05) is 5.32 Å². The van der Waals surface area contributed by atoms with Crippen LogP contribution >= 0.6 is 11.6 Å². The molecule has 13 heteroatoms. The third-order valence-electron chi connectivity index (χ3n) is 4.76. The molecule has 184 valence electrons. The van der Waals surface area contributed by atoms with Gasteiger partial charge in [-0.15, -0.1) is 0 Å². The molecule has 0 radical (unpaired) electrons. The van der Waals surface area contributed by atoms with Crippen LogP contribution in [0.15, 0.2) is 76.4 Å². The van der Waals surface area contributed by atoms with Crippen molar-refractivity contribution >= 4 is 29.4 Å². The summed E-state index contributed by atoms with van der Waals surface area (Å²) in [7, 11) is 0. The quantitative estimate of drug-likeness (QED) is 0.336. The molecule has 2 aromatic carbocycles. The van der Waals surface area contributed by atoms with Crippen LogP contribution in [0.1, 0.15) is 5.56 Å². The molecule has 0 aliphatic carbocycles. The van der Waals surface area contributed by atoms with Crippen LogP contribution in [0.3, 0.4) is 0 Å². The minimum atomic E-state index is -1.67. The average Bonchev–Trinajstić information content (AvgIpc) is 2.85. The van der Waals surface area contributed by atoms with Gasteiger partial charge in [0.15, 0.2) is 18.3 Å². The van der Waals surface area contributed by atoms with Gasteiger partial charge in [-0.05, 0) is 35.9 Å². The first-order chi connectivity index (χ1) is 17.3. The van der Waals surface area contributed by atoms with E-state index in [1.807, 2.05) is 0 Å². The van der Waals surface area contributed by atoms with Crippen LogP contribution in [0.5, 0.6) is 11.6 Å².